The van der Waals surface area contributed by atoms with Gasteiger partial charge in [0, 0.05) is 63.6 Å². The normalized spacial score (nSPS) is 17.2. The van der Waals surface area contributed by atoms with Gasteiger partial charge in [-0.2, -0.15) is 25.6 Å². The van der Waals surface area contributed by atoms with E-state index in [4.69, 9.17) is 28.0 Å². The smallest absolute Gasteiger partial charge is 0.341 e. The molecule has 0 amide bonds. The minimum absolute atomic E-state index is 0.0305. The Kier molecular flexibility index (Phi) is 19.1. The SMILES string of the molecule is CC1(C)C(/C=C/C2=C(Oc3ccc4ccccc4c3)C(=C/C=C3/N(CCCCS(=O)(=O)O)c4ccc5cc(S(=O)(=O)O)cc(OCC(=O)O)c5c4C3(C)C)/CCC2)=[N+](CCCCOS(=O)O)c2ccc3cc(SOOO)cc(OCC(=O)O)c3c21. The molecule has 0 spiro atoms. The first kappa shape index (κ1) is 62.5. The van der Waals surface area contributed by atoms with Crippen molar-refractivity contribution in [3.05, 3.63) is 149 Å². The summed E-state index contributed by atoms with van der Waals surface area (Å²) in [6, 6.07) is 26.8. The second kappa shape index (κ2) is 25.9. The van der Waals surface area contributed by atoms with Crippen LogP contribution < -0.4 is 19.1 Å². The third-order valence-corrected chi connectivity index (χ3v) is 17.8. The molecule has 2 heterocycles. The zero-order valence-corrected chi connectivity index (χ0v) is 49.9. The number of aliphatic carboxylic acids is 2. The maximum Gasteiger partial charge on any atom is 0.341 e. The van der Waals surface area contributed by atoms with E-state index in [0.717, 1.165) is 50.6 Å². The summed E-state index contributed by atoms with van der Waals surface area (Å²) in [6.45, 7) is 7.29. The average Bonchev–Trinajstić information content (AvgIpc) is 1.62. The molecule has 1 atom stereocenters. The third-order valence-electron chi connectivity index (χ3n) is 15.2. The highest BCUT2D eigenvalue weighted by Gasteiger charge is 2.47. The lowest BCUT2D eigenvalue weighted by Crippen LogP contribution is -2.28. The van der Waals surface area contributed by atoms with Gasteiger partial charge in [-0.25, -0.2) is 14.8 Å². The van der Waals surface area contributed by atoms with Crippen molar-refractivity contribution < 1.29 is 92.1 Å². The minimum Gasteiger partial charge on any atom is -0.481 e. The van der Waals surface area contributed by atoms with E-state index in [2.05, 4.69) is 23.5 Å². The molecule has 25 heteroatoms. The molecule has 9 rings (SSSR count). The summed E-state index contributed by atoms with van der Waals surface area (Å²) < 4.78 is 120. The monoisotopic (exact) mass is 1240 g/mol. The number of carbonyl (C=O) groups is 2. The summed E-state index contributed by atoms with van der Waals surface area (Å²) in [5.41, 5.74) is 4.48. The molecule has 0 aromatic heterocycles. The molecule has 2 aliphatic heterocycles. The van der Waals surface area contributed by atoms with E-state index in [1.165, 1.54) is 6.07 Å². The molecular formula is C60H63N2O19S4+. The number of hydrogen-bond donors (Lipinski definition) is 6. The standard InChI is InChI=1S/C60H62N2O19S4/c1-59(2)50(61(26-7-9-28-78-83(68)69)46-22-17-41-31-44(82-81-80-67)33-48(54(41)56(46)59)76-35-52(63)64)24-19-38-14-11-15-39(58(38)79-43-21-16-37-12-5-6-13-40(37)30-43)20-25-51-60(3,4)57-47(62(51)27-8-10-29-84(70,71)72)23-18-42-32-45(85(73,74)75)34-49(55(42)57)77-36-53(65)66/h5-6,12-13,16-25,30-34H,7-11,14-15,26-29,35-36H2,1-4H3,(H5-,63,64,65,66,67,68,69,70,71,72,73,74,75)/p+1. The van der Waals surface area contributed by atoms with Gasteiger partial charge < -0.3 is 29.3 Å². The van der Waals surface area contributed by atoms with Gasteiger partial charge >= 0.3 is 23.3 Å². The Morgan fingerprint density at radius 2 is 1.44 bits per heavy atom. The van der Waals surface area contributed by atoms with Gasteiger partial charge in [0.15, 0.2) is 18.9 Å². The maximum atomic E-state index is 12.5. The number of anilines is 1. The Hall–Kier alpha value is -7.01. The predicted molar refractivity (Wildman–Crippen MR) is 320 cm³/mol. The van der Waals surface area contributed by atoms with Crippen LogP contribution in [-0.4, -0.2) is 111 Å². The van der Waals surface area contributed by atoms with Crippen LogP contribution in [0.15, 0.2) is 148 Å². The average molecular weight is 1240 g/mol. The fourth-order valence-corrected chi connectivity index (χ4v) is 13.4. The number of carboxylic acid groups (broad SMARTS) is 2. The minimum atomic E-state index is -4.77. The van der Waals surface area contributed by atoms with Crippen molar-refractivity contribution in [3.8, 4) is 17.2 Å². The van der Waals surface area contributed by atoms with Crippen molar-refractivity contribution >= 4 is 105 Å². The van der Waals surface area contributed by atoms with Crippen molar-refractivity contribution in [3.63, 3.8) is 0 Å². The van der Waals surface area contributed by atoms with Gasteiger partial charge in [-0.15, -0.1) is 4.33 Å². The molecule has 1 aliphatic carbocycles. The van der Waals surface area contributed by atoms with E-state index >= 15 is 0 Å². The van der Waals surface area contributed by atoms with Crippen LogP contribution in [0.5, 0.6) is 17.2 Å². The van der Waals surface area contributed by atoms with Crippen LogP contribution in [0.4, 0.5) is 11.4 Å². The zero-order valence-electron chi connectivity index (χ0n) is 46.7. The van der Waals surface area contributed by atoms with Gasteiger partial charge in [0.2, 0.25) is 5.69 Å². The highest BCUT2D eigenvalue weighted by atomic mass is 32.2. The van der Waals surface area contributed by atoms with E-state index in [-0.39, 0.29) is 31.1 Å². The van der Waals surface area contributed by atoms with Crippen LogP contribution in [0.25, 0.3) is 32.3 Å². The summed E-state index contributed by atoms with van der Waals surface area (Å²) in [6.07, 6.45) is 11.3. The fraction of sp³-hybridized carbons (Fsp3) is 0.317. The molecule has 6 N–H and O–H groups in total. The number of benzene rings is 6. The Balaban J connectivity index is 1.21. The number of nitrogens with zero attached hydrogens (tertiary/aromatic N) is 2. The molecule has 1 unspecified atom stereocenters. The quantitative estimate of drug-likeness (QED) is 0.00559. The van der Waals surface area contributed by atoms with Crippen LogP contribution >= 0.6 is 12.0 Å². The first-order valence-electron chi connectivity index (χ1n) is 27.0. The summed E-state index contributed by atoms with van der Waals surface area (Å²) in [7, 11) is -9.06. The Morgan fingerprint density at radius 1 is 0.753 bits per heavy atom. The summed E-state index contributed by atoms with van der Waals surface area (Å²) in [4.78, 5) is 25.8. The lowest BCUT2D eigenvalue weighted by atomic mass is 9.78. The molecule has 0 fully saturated rings. The number of fused-ring (bicyclic) bond motifs is 7. The molecular weight excluding hydrogens is 1180 g/mol. The van der Waals surface area contributed by atoms with Gasteiger partial charge in [-0.05, 0) is 145 Å². The van der Waals surface area contributed by atoms with Crippen LogP contribution in [0.1, 0.15) is 83.8 Å². The molecule has 0 radical (unpaired) electrons. The fourth-order valence-electron chi connectivity index (χ4n) is 11.6. The number of allylic oxidation sites excluding steroid dienone is 7. The lowest BCUT2D eigenvalue weighted by Gasteiger charge is -2.28. The summed E-state index contributed by atoms with van der Waals surface area (Å²) in [5, 5.41) is 36.3. The number of rotatable bonds is 26. The Labute approximate surface area is 497 Å². The molecule has 6 aromatic rings. The second-order valence-corrected chi connectivity index (χ2v) is 26.0. The zero-order chi connectivity index (χ0) is 61.0. The Morgan fingerprint density at radius 3 is 2.13 bits per heavy atom. The van der Waals surface area contributed by atoms with E-state index in [9.17, 15) is 54.5 Å². The first-order chi connectivity index (χ1) is 40.3. The van der Waals surface area contributed by atoms with Gasteiger partial charge in [0.25, 0.3) is 20.2 Å². The van der Waals surface area contributed by atoms with Crippen LogP contribution in [0.3, 0.4) is 0 Å². The molecule has 6 aromatic carbocycles. The third kappa shape index (κ3) is 14.1. The van der Waals surface area contributed by atoms with Crippen molar-refractivity contribution in [1.29, 1.82) is 0 Å². The van der Waals surface area contributed by atoms with Crippen LogP contribution in [-0.2, 0) is 65.6 Å². The molecule has 0 bridgehead atoms. The number of unbranched alkanes of at least 4 members (excludes halogenated alkanes) is 2. The first-order valence-corrected chi connectivity index (χ1v) is 31.8. The van der Waals surface area contributed by atoms with Crippen molar-refractivity contribution in [2.45, 2.75) is 93.3 Å². The highest BCUT2D eigenvalue weighted by Crippen LogP contribution is 2.54. The van der Waals surface area contributed by atoms with E-state index in [0.29, 0.717) is 106 Å². The summed E-state index contributed by atoms with van der Waals surface area (Å²) in [5.74, 6) is -1.68. The highest BCUT2D eigenvalue weighted by molar-refractivity contribution is 7.94. The van der Waals surface area contributed by atoms with Gasteiger partial charge in [0.05, 0.1) is 40.3 Å². The van der Waals surface area contributed by atoms with E-state index in [1.54, 1.807) is 24.3 Å². The number of hydrogen-bond acceptors (Lipinski definition) is 16. The number of carboxylic acids is 2. The molecule has 0 saturated carbocycles. The van der Waals surface area contributed by atoms with Crippen LogP contribution in [0, 0.1) is 0 Å². The second-order valence-electron chi connectivity index (χ2n) is 21.6. The number of ether oxygens (including phenoxy) is 3. The lowest BCUT2D eigenvalue weighted by molar-refractivity contribution is -0.438. The van der Waals surface area contributed by atoms with Gasteiger partial charge in [-0.1, -0.05) is 61.4 Å². The van der Waals surface area contributed by atoms with E-state index < -0.39 is 78.2 Å². The van der Waals surface area contributed by atoms with Crippen molar-refractivity contribution in [2.24, 2.45) is 0 Å². The topological polar surface area (TPSA) is 302 Å². The van der Waals surface area contributed by atoms with E-state index in [1.807, 2.05) is 97.6 Å². The Bertz CT molecular complexity index is 4060. The van der Waals surface area contributed by atoms with Gasteiger partial charge in [0.1, 0.15) is 29.6 Å². The molecule has 85 heavy (non-hydrogen) atoms. The van der Waals surface area contributed by atoms with Gasteiger partial charge in [-0.3, -0.25) is 17.8 Å². The summed E-state index contributed by atoms with van der Waals surface area (Å²) >= 11 is -1.74. The largest absolute Gasteiger partial charge is 0.481 e. The molecule has 3 aliphatic rings. The van der Waals surface area contributed by atoms with Crippen molar-refractivity contribution in [1.82, 2.24) is 0 Å². The molecule has 0 saturated heterocycles. The maximum absolute atomic E-state index is 12.5. The predicted octanol–water partition coefficient (Wildman–Crippen LogP) is 11.4. The van der Waals surface area contributed by atoms with Crippen LogP contribution in [0.2, 0.25) is 0 Å². The molecule has 21 nitrogen and oxygen atoms in total. The molecule has 450 valence electrons. The van der Waals surface area contributed by atoms with Crippen molar-refractivity contribution in [2.75, 3.05) is 43.6 Å².